The number of aromatic nitrogens is 1. The zero-order chi connectivity index (χ0) is 24.7. The van der Waals surface area contributed by atoms with Crippen molar-refractivity contribution in [3.05, 3.63) is 93.7 Å². The predicted octanol–water partition coefficient (Wildman–Crippen LogP) is 3.64. The van der Waals surface area contributed by atoms with Crippen LogP contribution < -0.4 is 16.2 Å². The molecule has 0 aliphatic carbocycles. The molecule has 3 N–H and O–H groups in total. The SMILES string of the molecule is CCOC(=O)C[C@H](NC(=O)Nc1c(O)ccn(C)c1=O)c1cccc(Cc2ccccc2F)c1. The molecule has 1 heterocycles. The molecule has 3 rings (SSSR count). The lowest BCUT2D eigenvalue weighted by atomic mass is 9.98. The first-order valence-electron chi connectivity index (χ1n) is 10.7. The Hall–Kier alpha value is -4.14. The number of anilines is 1. The van der Waals surface area contributed by atoms with Crippen LogP contribution >= 0.6 is 0 Å². The van der Waals surface area contributed by atoms with Gasteiger partial charge < -0.3 is 25.0 Å². The molecule has 0 saturated carbocycles. The molecule has 1 aromatic heterocycles. The van der Waals surface area contributed by atoms with Gasteiger partial charge in [-0.2, -0.15) is 0 Å². The third-order valence-electron chi connectivity index (χ3n) is 5.17. The summed E-state index contributed by atoms with van der Waals surface area (Å²) >= 11 is 0. The van der Waals surface area contributed by atoms with E-state index in [-0.39, 0.29) is 30.3 Å². The predicted molar refractivity (Wildman–Crippen MR) is 125 cm³/mol. The van der Waals surface area contributed by atoms with E-state index < -0.39 is 23.6 Å². The van der Waals surface area contributed by atoms with E-state index in [9.17, 15) is 23.9 Å². The molecule has 3 aromatic rings. The molecule has 0 spiro atoms. The van der Waals surface area contributed by atoms with Crippen LogP contribution in [0.3, 0.4) is 0 Å². The van der Waals surface area contributed by atoms with Gasteiger partial charge in [0.15, 0.2) is 5.69 Å². The molecule has 0 aliphatic rings. The largest absolute Gasteiger partial charge is 0.505 e. The van der Waals surface area contributed by atoms with Gasteiger partial charge in [-0.3, -0.25) is 9.59 Å². The number of aryl methyl sites for hydroxylation is 1. The van der Waals surface area contributed by atoms with Gasteiger partial charge in [0.25, 0.3) is 5.56 Å². The van der Waals surface area contributed by atoms with Crippen LogP contribution in [0.2, 0.25) is 0 Å². The first-order valence-corrected chi connectivity index (χ1v) is 10.7. The minimum atomic E-state index is -0.797. The molecule has 0 bridgehead atoms. The van der Waals surface area contributed by atoms with Gasteiger partial charge in [-0.15, -0.1) is 0 Å². The van der Waals surface area contributed by atoms with Crippen LogP contribution in [0.4, 0.5) is 14.9 Å². The number of pyridine rings is 1. The fraction of sp³-hybridized carbons (Fsp3) is 0.240. The van der Waals surface area contributed by atoms with Gasteiger partial charge in [-0.1, -0.05) is 42.5 Å². The van der Waals surface area contributed by atoms with Gasteiger partial charge >= 0.3 is 12.0 Å². The highest BCUT2D eigenvalue weighted by atomic mass is 19.1. The van der Waals surface area contributed by atoms with Crippen molar-refractivity contribution < 1.29 is 23.8 Å². The number of esters is 1. The summed E-state index contributed by atoms with van der Waals surface area (Å²) in [6, 6.07) is 13.2. The Labute approximate surface area is 196 Å². The van der Waals surface area contributed by atoms with E-state index in [1.807, 2.05) is 6.07 Å². The molecular formula is C25H26FN3O5. The molecule has 2 aromatic carbocycles. The number of hydrogen-bond acceptors (Lipinski definition) is 5. The van der Waals surface area contributed by atoms with Crippen molar-refractivity contribution in [2.24, 2.45) is 7.05 Å². The zero-order valence-electron chi connectivity index (χ0n) is 18.9. The Morgan fingerprint density at radius 2 is 1.91 bits per heavy atom. The number of ether oxygens (including phenoxy) is 1. The first kappa shape index (κ1) is 24.5. The van der Waals surface area contributed by atoms with Crippen LogP contribution in [-0.2, 0) is 23.0 Å². The molecule has 8 nitrogen and oxygen atoms in total. The molecule has 0 saturated heterocycles. The third kappa shape index (κ3) is 6.22. The highest BCUT2D eigenvalue weighted by Crippen LogP contribution is 2.22. The second-order valence-corrected chi connectivity index (χ2v) is 7.67. The quantitative estimate of drug-likeness (QED) is 0.438. The maximum Gasteiger partial charge on any atom is 0.319 e. The lowest BCUT2D eigenvalue weighted by Crippen LogP contribution is -2.36. The molecule has 0 radical (unpaired) electrons. The fourth-order valence-electron chi connectivity index (χ4n) is 3.47. The van der Waals surface area contributed by atoms with Crippen LogP contribution in [0.15, 0.2) is 65.6 Å². The maximum atomic E-state index is 14.1. The van der Waals surface area contributed by atoms with Crippen LogP contribution in [0, 0.1) is 5.82 Å². The number of carbonyl (C=O) groups excluding carboxylic acids is 2. The lowest BCUT2D eigenvalue weighted by molar-refractivity contribution is -0.143. The number of nitrogens with one attached hydrogen (secondary N) is 2. The smallest absolute Gasteiger partial charge is 0.319 e. The number of carbonyl (C=O) groups is 2. The van der Waals surface area contributed by atoms with E-state index in [4.69, 9.17) is 4.74 Å². The molecule has 1 atom stereocenters. The van der Waals surface area contributed by atoms with Gasteiger partial charge in [0.05, 0.1) is 19.1 Å². The summed E-state index contributed by atoms with van der Waals surface area (Å²) in [6.45, 7) is 1.86. The van der Waals surface area contributed by atoms with E-state index in [1.54, 1.807) is 43.3 Å². The highest BCUT2D eigenvalue weighted by Gasteiger charge is 2.21. The summed E-state index contributed by atoms with van der Waals surface area (Å²) in [6.07, 6.45) is 1.53. The number of rotatable bonds is 8. The van der Waals surface area contributed by atoms with Gasteiger partial charge in [0.2, 0.25) is 0 Å². The summed E-state index contributed by atoms with van der Waals surface area (Å²) in [5.74, 6) is -1.23. The number of amides is 2. The Balaban J connectivity index is 1.84. The van der Waals surface area contributed by atoms with Gasteiger partial charge in [-0.25, -0.2) is 9.18 Å². The average Bonchev–Trinajstić information content (AvgIpc) is 2.81. The van der Waals surface area contributed by atoms with E-state index in [0.717, 1.165) is 5.56 Å². The van der Waals surface area contributed by atoms with Crippen molar-refractivity contribution in [1.29, 1.82) is 0 Å². The van der Waals surface area contributed by atoms with Crippen molar-refractivity contribution in [3.63, 3.8) is 0 Å². The molecule has 0 fully saturated rings. The molecule has 2 amide bonds. The third-order valence-corrected chi connectivity index (χ3v) is 5.17. The summed E-state index contributed by atoms with van der Waals surface area (Å²) in [5.41, 5.74) is 1.02. The summed E-state index contributed by atoms with van der Waals surface area (Å²) in [7, 11) is 1.48. The minimum Gasteiger partial charge on any atom is -0.505 e. The van der Waals surface area contributed by atoms with Crippen molar-refractivity contribution in [1.82, 2.24) is 9.88 Å². The van der Waals surface area contributed by atoms with E-state index in [1.165, 1.54) is 29.9 Å². The standard InChI is InChI=1S/C25H26FN3O5/c1-3-34-22(31)15-20(27-25(33)28-23-21(30)11-12-29(2)24(23)32)18-9-6-7-16(14-18)13-17-8-4-5-10-19(17)26/h4-12,14,20,30H,3,13,15H2,1-2H3,(H2,27,28,33)/t20-/m0/s1. The van der Waals surface area contributed by atoms with E-state index >= 15 is 0 Å². The van der Waals surface area contributed by atoms with Crippen LogP contribution in [-0.4, -0.2) is 28.3 Å². The Bertz CT molecular complexity index is 1240. The summed E-state index contributed by atoms with van der Waals surface area (Å²) < 4.78 is 20.3. The lowest BCUT2D eigenvalue weighted by Gasteiger charge is -2.20. The summed E-state index contributed by atoms with van der Waals surface area (Å²) in [4.78, 5) is 37.1. The van der Waals surface area contributed by atoms with E-state index in [2.05, 4.69) is 10.6 Å². The number of benzene rings is 2. The van der Waals surface area contributed by atoms with Gasteiger partial charge in [0, 0.05) is 19.7 Å². The first-order chi connectivity index (χ1) is 16.3. The van der Waals surface area contributed by atoms with Crippen LogP contribution in [0.25, 0.3) is 0 Å². The Morgan fingerprint density at radius 1 is 1.15 bits per heavy atom. The van der Waals surface area contributed by atoms with Gasteiger partial charge in [-0.05, 0) is 35.7 Å². The second-order valence-electron chi connectivity index (χ2n) is 7.67. The van der Waals surface area contributed by atoms with Crippen molar-refractivity contribution in [3.8, 4) is 5.75 Å². The van der Waals surface area contributed by atoms with Crippen molar-refractivity contribution in [2.75, 3.05) is 11.9 Å². The monoisotopic (exact) mass is 467 g/mol. The maximum absolute atomic E-state index is 14.1. The normalized spacial score (nSPS) is 11.5. The zero-order valence-corrected chi connectivity index (χ0v) is 18.9. The Kier molecular flexibility index (Phi) is 8.02. The molecule has 0 aliphatic heterocycles. The molecule has 0 unspecified atom stereocenters. The Morgan fingerprint density at radius 3 is 2.65 bits per heavy atom. The molecule has 34 heavy (non-hydrogen) atoms. The molecule has 9 heteroatoms. The van der Waals surface area contributed by atoms with Crippen LogP contribution in [0.1, 0.15) is 36.1 Å². The van der Waals surface area contributed by atoms with Crippen LogP contribution in [0.5, 0.6) is 5.75 Å². The molecular weight excluding hydrogens is 441 g/mol. The van der Waals surface area contributed by atoms with Crippen molar-refractivity contribution in [2.45, 2.75) is 25.8 Å². The average molecular weight is 467 g/mol. The molecule has 178 valence electrons. The number of halogens is 1. The fourth-order valence-corrected chi connectivity index (χ4v) is 3.47. The van der Waals surface area contributed by atoms with E-state index in [0.29, 0.717) is 17.5 Å². The summed E-state index contributed by atoms with van der Waals surface area (Å²) in [5, 5.41) is 15.0. The van der Waals surface area contributed by atoms with Gasteiger partial charge in [0.1, 0.15) is 11.6 Å². The number of aromatic hydroxyl groups is 1. The number of hydrogen-bond donors (Lipinski definition) is 3. The second kappa shape index (κ2) is 11.1. The minimum absolute atomic E-state index is 0.163. The topological polar surface area (TPSA) is 110 Å². The highest BCUT2D eigenvalue weighted by molar-refractivity contribution is 5.91. The number of urea groups is 1. The number of nitrogens with zero attached hydrogens (tertiary/aromatic N) is 1. The van der Waals surface area contributed by atoms with Crippen molar-refractivity contribution >= 4 is 17.7 Å².